The molecule has 2 aromatic carbocycles. The Morgan fingerprint density at radius 2 is 1.74 bits per heavy atom. The van der Waals surface area contributed by atoms with Gasteiger partial charge in [-0.2, -0.15) is 0 Å². The van der Waals surface area contributed by atoms with E-state index in [0.717, 1.165) is 25.7 Å². The molecule has 0 spiro atoms. The normalized spacial score (nSPS) is 14.8. The van der Waals surface area contributed by atoms with Crippen molar-refractivity contribution in [3.05, 3.63) is 84.1 Å². The Morgan fingerprint density at radius 1 is 0.952 bits per heavy atom. The van der Waals surface area contributed by atoms with Gasteiger partial charge < -0.3 is 19.4 Å². The SMILES string of the molecule is COc1ncccc1Nc1cc2nc3ccc(F)cc3n(-c3ccc(OC(F)(F)F)cc3)c-2c/c1=N\C1CCCCC1. The molecule has 1 aliphatic heterocycles. The predicted molar refractivity (Wildman–Crippen MR) is 151 cm³/mol. The molecule has 0 saturated heterocycles. The second kappa shape index (κ2) is 11.3. The molecule has 3 aromatic rings. The minimum Gasteiger partial charge on any atom is -0.480 e. The number of hydrogen-bond donors (Lipinski definition) is 1. The van der Waals surface area contributed by atoms with Gasteiger partial charge in [0, 0.05) is 18.0 Å². The molecule has 0 unspecified atom stereocenters. The molecule has 1 N–H and O–H groups in total. The van der Waals surface area contributed by atoms with Gasteiger partial charge in [-0.1, -0.05) is 19.3 Å². The van der Waals surface area contributed by atoms with E-state index in [2.05, 4.69) is 15.0 Å². The Bertz CT molecular complexity index is 1760. The zero-order valence-electron chi connectivity index (χ0n) is 22.7. The molecular weight excluding hydrogens is 550 g/mol. The number of aromatic nitrogens is 3. The van der Waals surface area contributed by atoms with Crippen LogP contribution in [-0.4, -0.2) is 34.0 Å². The number of nitrogens with zero attached hydrogens (tertiary/aromatic N) is 4. The van der Waals surface area contributed by atoms with Gasteiger partial charge in [0.15, 0.2) is 0 Å². The number of halogens is 4. The van der Waals surface area contributed by atoms with Crippen molar-refractivity contribution in [2.24, 2.45) is 4.99 Å². The number of hydrogen-bond acceptors (Lipinski definition) is 6. The number of rotatable bonds is 6. The lowest BCUT2D eigenvalue weighted by Crippen LogP contribution is -2.20. The first-order chi connectivity index (χ1) is 20.3. The third kappa shape index (κ3) is 5.86. The van der Waals surface area contributed by atoms with Gasteiger partial charge in [0.05, 0.1) is 46.6 Å². The van der Waals surface area contributed by atoms with Gasteiger partial charge in [-0.05, 0) is 73.5 Å². The van der Waals surface area contributed by atoms with E-state index >= 15 is 0 Å². The number of fused-ring (bicyclic) bond motifs is 2. The summed E-state index contributed by atoms with van der Waals surface area (Å²) in [6, 6.07) is 17.2. The van der Waals surface area contributed by atoms with Crippen LogP contribution in [0.2, 0.25) is 0 Å². The highest BCUT2D eigenvalue weighted by Crippen LogP contribution is 2.33. The summed E-state index contributed by atoms with van der Waals surface area (Å²) in [6.07, 6.45) is 2.13. The summed E-state index contributed by atoms with van der Waals surface area (Å²) in [5.41, 5.74) is 3.97. The molecule has 0 atom stereocenters. The van der Waals surface area contributed by atoms with Crippen LogP contribution in [0.15, 0.2) is 77.9 Å². The monoisotopic (exact) mass is 577 g/mol. The summed E-state index contributed by atoms with van der Waals surface area (Å²) in [7, 11) is 1.54. The van der Waals surface area contributed by atoms with Crippen molar-refractivity contribution >= 4 is 22.4 Å². The van der Waals surface area contributed by atoms with E-state index in [0.29, 0.717) is 50.7 Å². The number of nitrogens with one attached hydrogen (secondary N) is 1. The first-order valence-electron chi connectivity index (χ1n) is 13.6. The lowest BCUT2D eigenvalue weighted by atomic mass is 9.96. The summed E-state index contributed by atoms with van der Waals surface area (Å²) in [5.74, 6) is -0.409. The van der Waals surface area contributed by atoms with Gasteiger partial charge >= 0.3 is 6.36 Å². The summed E-state index contributed by atoms with van der Waals surface area (Å²) >= 11 is 0. The van der Waals surface area contributed by atoms with Crippen LogP contribution in [0.25, 0.3) is 28.1 Å². The second-order valence-electron chi connectivity index (χ2n) is 10.1. The van der Waals surface area contributed by atoms with Crippen molar-refractivity contribution in [1.29, 1.82) is 0 Å². The third-order valence-electron chi connectivity index (χ3n) is 7.21. The molecule has 1 saturated carbocycles. The molecule has 0 bridgehead atoms. The molecule has 2 heterocycles. The maximum atomic E-state index is 14.5. The summed E-state index contributed by atoms with van der Waals surface area (Å²) in [5, 5.41) is 4.08. The van der Waals surface area contributed by atoms with Gasteiger partial charge in [-0.25, -0.2) is 14.4 Å². The maximum Gasteiger partial charge on any atom is 0.573 e. The Kier molecular flexibility index (Phi) is 7.40. The number of benzene rings is 3. The highest BCUT2D eigenvalue weighted by atomic mass is 19.4. The van der Waals surface area contributed by atoms with Crippen molar-refractivity contribution in [2.45, 2.75) is 44.5 Å². The fourth-order valence-electron chi connectivity index (χ4n) is 5.35. The number of anilines is 2. The Labute approximate surface area is 238 Å². The molecule has 1 fully saturated rings. The topological polar surface area (TPSA) is 73.6 Å². The van der Waals surface area contributed by atoms with Crippen LogP contribution in [0, 0.1) is 5.82 Å². The summed E-state index contributed by atoms with van der Waals surface area (Å²) in [6.45, 7) is 0. The highest BCUT2D eigenvalue weighted by molar-refractivity contribution is 5.84. The van der Waals surface area contributed by atoms with Crippen LogP contribution in [0.3, 0.4) is 0 Å². The molecule has 6 rings (SSSR count). The predicted octanol–water partition coefficient (Wildman–Crippen LogP) is 7.55. The Hall–Kier alpha value is -4.67. The summed E-state index contributed by atoms with van der Waals surface area (Å²) in [4.78, 5) is 14.2. The smallest absolute Gasteiger partial charge is 0.480 e. The maximum absolute atomic E-state index is 14.5. The van der Waals surface area contributed by atoms with E-state index in [1.165, 1.54) is 42.8 Å². The molecule has 3 aliphatic rings. The zero-order chi connectivity index (χ0) is 29.3. The highest BCUT2D eigenvalue weighted by Gasteiger charge is 2.31. The van der Waals surface area contributed by atoms with Gasteiger partial charge in [0.2, 0.25) is 5.88 Å². The fraction of sp³-hybridized carbons (Fsp3) is 0.258. The molecule has 0 radical (unpaired) electrons. The van der Waals surface area contributed by atoms with Crippen LogP contribution in [-0.2, 0) is 0 Å². The van der Waals surface area contributed by atoms with Crippen molar-refractivity contribution in [3.8, 4) is 28.7 Å². The minimum atomic E-state index is -4.82. The molecule has 216 valence electrons. The molecular formula is C31H27F4N5O2. The van der Waals surface area contributed by atoms with Gasteiger partial charge in [0.1, 0.15) is 17.3 Å². The molecule has 0 amide bonds. The standard InChI is InChI=1S/C31H27F4N5O2/c1-41-30-24(8-5-15-36-30)39-25-17-27-29(18-26(25)37-20-6-3-2-4-7-20)40(28-16-19(32)9-14-23(28)38-27)21-10-12-22(13-11-21)42-31(33,34)35/h5,8-18,20,39H,2-4,6-7H2,1H3/b37-26+. The lowest BCUT2D eigenvalue weighted by Gasteiger charge is -2.22. The summed E-state index contributed by atoms with van der Waals surface area (Å²) < 4.78 is 64.2. The molecule has 11 heteroatoms. The second-order valence-corrected chi connectivity index (χ2v) is 10.1. The van der Waals surface area contributed by atoms with E-state index in [-0.39, 0.29) is 11.8 Å². The molecule has 42 heavy (non-hydrogen) atoms. The van der Waals surface area contributed by atoms with E-state index < -0.39 is 12.2 Å². The van der Waals surface area contributed by atoms with Crippen molar-refractivity contribution in [3.63, 3.8) is 0 Å². The molecule has 2 aliphatic carbocycles. The largest absolute Gasteiger partial charge is 0.573 e. The average molecular weight is 578 g/mol. The van der Waals surface area contributed by atoms with E-state index in [4.69, 9.17) is 14.7 Å². The van der Waals surface area contributed by atoms with Crippen LogP contribution >= 0.6 is 0 Å². The van der Waals surface area contributed by atoms with Gasteiger partial charge in [-0.3, -0.25) is 4.99 Å². The quantitative estimate of drug-likeness (QED) is 0.167. The van der Waals surface area contributed by atoms with E-state index in [1.54, 1.807) is 30.0 Å². The fourth-order valence-corrected chi connectivity index (χ4v) is 5.35. The third-order valence-corrected chi connectivity index (χ3v) is 7.21. The number of alkyl halides is 3. The van der Waals surface area contributed by atoms with Gasteiger partial charge in [0.25, 0.3) is 0 Å². The molecule has 7 nitrogen and oxygen atoms in total. The minimum absolute atomic E-state index is 0.130. The van der Waals surface area contributed by atoms with E-state index in [9.17, 15) is 17.6 Å². The van der Waals surface area contributed by atoms with E-state index in [1.807, 2.05) is 18.2 Å². The average Bonchev–Trinajstić information content (AvgIpc) is 2.97. The lowest BCUT2D eigenvalue weighted by molar-refractivity contribution is -0.274. The first kappa shape index (κ1) is 27.5. The van der Waals surface area contributed by atoms with Crippen molar-refractivity contribution in [2.75, 3.05) is 12.4 Å². The molecule has 1 aromatic heterocycles. The zero-order valence-corrected chi connectivity index (χ0v) is 22.7. The van der Waals surface area contributed by atoms with Gasteiger partial charge in [-0.15, -0.1) is 13.2 Å². The van der Waals surface area contributed by atoms with Crippen LogP contribution in [0.1, 0.15) is 32.1 Å². The van der Waals surface area contributed by atoms with Crippen LogP contribution < -0.4 is 20.1 Å². The Morgan fingerprint density at radius 3 is 2.48 bits per heavy atom. The van der Waals surface area contributed by atoms with Crippen LogP contribution in [0.4, 0.5) is 28.9 Å². The number of ether oxygens (including phenoxy) is 2. The Balaban J connectivity index is 1.58. The number of methoxy groups -OCH3 is 1. The number of pyridine rings is 1. The van der Waals surface area contributed by atoms with Crippen molar-refractivity contribution < 1.29 is 27.0 Å². The van der Waals surface area contributed by atoms with Crippen molar-refractivity contribution in [1.82, 2.24) is 14.5 Å². The van der Waals surface area contributed by atoms with Crippen LogP contribution in [0.5, 0.6) is 11.6 Å². The first-order valence-corrected chi connectivity index (χ1v) is 13.6.